The van der Waals surface area contributed by atoms with Crippen LogP contribution < -0.4 is 5.56 Å². The minimum Gasteiger partial charge on any atom is -0.459 e. The molecule has 1 aliphatic rings. The van der Waals surface area contributed by atoms with Gasteiger partial charge in [0.25, 0.3) is 11.5 Å². The summed E-state index contributed by atoms with van der Waals surface area (Å²) in [6, 6.07) is 12.5. The molecule has 1 amide bonds. The third-order valence-corrected chi connectivity index (χ3v) is 5.56. The molecule has 3 aromatic rings. The van der Waals surface area contributed by atoms with Gasteiger partial charge in [-0.05, 0) is 50.5 Å². The number of hydrogen-bond donors (Lipinski definition) is 0. The lowest BCUT2D eigenvalue weighted by Gasteiger charge is -2.31. The number of fused-ring (bicyclic) bond motifs is 1. The molecule has 160 valence electrons. The van der Waals surface area contributed by atoms with Crippen molar-refractivity contribution >= 4 is 17.5 Å². The number of carbonyl (C=O) groups excluding carboxylic acids is 2. The van der Waals surface area contributed by atoms with Gasteiger partial charge in [-0.1, -0.05) is 23.8 Å². The molecule has 1 fully saturated rings. The molecule has 1 aliphatic heterocycles. The number of ether oxygens (including phenoxy) is 1. The summed E-state index contributed by atoms with van der Waals surface area (Å²) in [6.07, 6.45) is 3.14. The summed E-state index contributed by atoms with van der Waals surface area (Å²) in [6.45, 7) is 4.76. The van der Waals surface area contributed by atoms with Crippen molar-refractivity contribution in [3.63, 3.8) is 0 Å². The van der Waals surface area contributed by atoms with Crippen molar-refractivity contribution in [1.29, 1.82) is 0 Å². The summed E-state index contributed by atoms with van der Waals surface area (Å²) >= 11 is 0. The Morgan fingerprint density at radius 3 is 2.61 bits per heavy atom. The van der Waals surface area contributed by atoms with Crippen LogP contribution in [0.5, 0.6) is 0 Å². The van der Waals surface area contributed by atoms with Crippen molar-refractivity contribution < 1.29 is 14.3 Å². The monoisotopic (exact) mass is 419 g/mol. The summed E-state index contributed by atoms with van der Waals surface area (Å²) in [7, 11) is 0. The molecule has 1 saturated heterocycles. The Labute approximate surface area is 180 Å². The topological polar surface area (TPSA) is 81.0 Å². The van der Waals surface area contributed by atoms with Gasteiger partial charge < -0.3 is 9.64 Å². The molecular formula is C24H25N3O4. The first kappa shape index (κ1) is 20.8. The third kappa shape index (κ3) is 4.66. The first-order valence-electron chi connectivity index (χ1n) is 10.4. The number of aryl methyl sites for hydroxylation is 2. The van der Waals surface area contributed by atoms with E-state index >= 15 is 0 Å². The third-order valence-electron chi connectivity index (χ3n) is 5.56. The zero-order valence-corrected chi connectivity index (χ0v) is 17.7. The van der Waals surface area contributed by atoms with Crippen LogP contribution in [-0.4, -0.2) is 39.3 Å². The molecule has 1 atom stereocenters. The van der Waals surface area contributed by atoms with Crippen LogP contribution in [0, 0.1) is 19.8 Å². The predicted molar refractivity (Wildman–Crippen MR) is 116 cm³/mol. The summed E-state index contributed by atoms with van der Waals surface area (Å²) in [4.78, 5) is 43.8. The van der Waals surface area contributed by atoms with Gasteiger partial charge in [-0.25, -0.2) is 4.98 Å². The molecular weight excluding hydrogens is 394 g/mol. The Kier molecular flexibility index (Phi) is 5.84. The fourth-order valence-electron chi connectivity index (χ4n) is 3.83. The quantitative estimate of drug-likeness (QED) is 0.608. The molecule has 31 heavy (non-hydrogen) atoms. The first-order chi connectivity index (χ1) is 14.9. The lowest BCUT2D eigenvalue weighted by atomic mass is 9.97. The van der Waals surface area contributed by atoms with Crippen LogP contribution >= 0.6 is 0 Å². The lowest BCUT2D eigenvalue weighted by Crippen LogP contribution is -2.42. The molecule has 0 radical (unpaired) electrons. The number of benzene rings is 1. The van der Waals surface area contributed by atoms with Gasteiger partial charge in [0.1, 0.15) is 12.3 Å². The van der Waals surface area contributed by atoms with Crippen LogP contribution in [-0.2, 0) is 16.1 Å². The number of nitrogens with zero attached hydrogens (tertiary/aromatic N) is 3. The van der Waals surface area contributed by atoms with Crippen molar-refractivity contribution in [2.45, 2.75) is 33.3 Å². The summed E-state index contributed by atoms with van der Waals surface area (Å²) in [5.41, 5.74) is 3.37. The highest BCUT2D eigenvalue weighted by molar-refractivity contribution is 5.94. The lowest BCUT2D eigenvalue weighted by molar-refractivity contribution is -0.151. The first-order valence-corrected chi connectivity index (χ1v) is 10.4. The van der Waals surface area contributed by atoms with Crippen LogP contribution in [0.3, 0.4) is 0 Å². The Balaban J connectivity index is 1.40. The second kappa shape index (κ2) is 8.71. The van der Waals surface area contributed by atoms with Gasteiger partial charge >= 0.3 is 5.97 Å². The minimum absolute atomic E-state index is 0.0686. The molecule has 0 N–H and O–H groups in total. The normalized spacial score (nSPS) is 16.3. The number of rotatable bonds is 4. The van der Waals surface area contributed by atoms with Crippen molar-refractivity contribution in [2.75, 3.05) is 13.1 Å². The van der Waals surface area contributed by atoms with E-state index in [1.165, 1.54) is 10.5 Å². The Bertz CT molecular complexity index is 1180. The van der Waals surface area contributed by atoms with Crippen molar-refractivity contribution in [3.05, 3.63) is 81.4 Å². The maximum Gasteiger partial charge on any atom is 0.311 e. The SMILES string of the molecule is Cc1ccc(C(=O)N2CCCC(C(=O)OCc3cc(=O)n4cc(C)ccc4n3)C2)cc1. The zero-order valence-electron chi connectivity index (χ0n) is 17.7. The van der Waals surface area contributed by atoms with Crippen molar-refractivity contribution in [3.8, 4) is 0 Å². The highest BCUT2D eigenvalue weighted by Gasteiger charge is 2.30. The van der Waals surface area contributed by atoms with E-state index in [0.29, 0.717) is 36.4 Å². The van der Waals surface area contributed by atoms with E-state index in [9.17, 15) is 14.4 Å². The molecule has 4 rings (SSSR count). The maximum absolute atomic E-state index is 12.8. The van der Waals surface area contributed by atoms with Crippen molar-refractivity contribution in [1.82, 2.24) is 14.3 Å². The summed E-state index contributed by atoms with van der Waals surface area (Å²) in [5.74, 6) is -0.823. The average Bonchev–Trinajstić information content (AvgIpc) is 2.78. The Morgan fingerprint density at radius 2 is 1.84 bits per heavy atom. The van der Waals surface area contributed by atoms with Gasteiger partial charge in [0, 0.05) is 30.9 Å². The molecule has 7 heteroatoms. The average molecular weight is 419 g/mol. The van der Waals surface area contributed by atoms with E-state index in [1.54, 1.807) is 17.2 Å². The highest BCUT2D eigenvalue weighted by atomic mass is 16.5. The van der Waals surface area contributed by atoms with E-state index in [-0.39, 0.29) is 30.0 Å². The van der Waals surface area contributed by atoms with Gasteiger partial charge in [-0.3, -0.25) is 18.8 Å². The Morgan fingerprint density at radius 1 is 1.10 bits per heavy atom. The molecule has 1 aromatic carbocycles. The van der Waals surface area contributed by atoms with Crippen LogP contribution in [0.25, 0.3) is 5.65 Å². The van der Waals surface area contributed by atoms with Crippen LogP contribution in [0.1, 0.15) is 40.0 Å². The number of likely N-dealkylation sites (tertiary alicyclic amines) is 1. The number of piperidine rings is 1. The van der Waals surface area contributed by atoms with Gasteiger partial charge in [0.2, 0.25) is 0 Å². The number of amides is 1. The van der Waals surface area contributed by atoms with Gasteiger partial charge in [0.05, 0.1) is 11.6 Å². The minimum atomic E-state index is -0.382. The second-order valence-corrected chi connectivity index (χ2v) is 8.08. The smallest absolute Gasteiger partial charge is 0.311 e. The largest absolute Gasteiger partial charge is 0.459 e. The van der Waals surface area contributed by atoms with Crippen LogP contribution in [0.4, 0.5) is 0 Å². The maximum atomic E-state index is 12.8. The molecule has 1 unspecified atom stereocenters. The Hall–Kier alpha value is -3.48. The molecule has 2 aromatic heterocycles. The number of aromatic nitrogens is 2. The fourth-order valence-corrected chi connectivity index (χ4v) is 3.83. The molecule has 0 aliphatic carbocycles. The molecule has 0 saturated carbocycles. The number of carbonyl (C=O) groups is 2. The van der Waals surface area contributed by atoms with E-state index in [1.807, 2.05) is 44.2 Å². The van der Waals surface area contributed by atoms with Gasteiger partial charge in [-0.2, -0.15) is 0 Å². The summed E-state index contributed by atoms with van der Waals surface area (Å²) < 4.78 is 6.93. The summed E-state index contributed by atoms with van der Waals surface area (Å²) in [5, 5.41) is 0. The van der Waals surface area contributed by atoms with E-state index in [4.69, 9.17) is 4.74 Å². The van der Waals surface area contributed by atoms with E-state index < -0.39 is 0 Å². The number of hydrogen-bond acceptors (Lipinski definition) is 5. The standard InChI is InChI=1S/C24H25N3O4/c1-16-5-8-18(9-6-16)23(29)26-11-3-4-19(14-26)24(30)31-15-20-12-22(28)27-13-17(2)7-10-21(27)25-20/h5-10,12-13,19H,3-4,11,14-15H2,1-2H3. The fraction of sp³-hybridized carbons (Fsp3) is 0.333. The zero-order chi connectivity index (χ0) is 22.0. The number of esters is 1. The molecule has 7 nitrogen and oxygen atoms in total. The van der Waals surface area contributed by atoms with E-state index in [0.717, 1.165) is 17.5 Å². The highest BCUT2D eigenvalue weighted by Crippen LogP contribution is 2.20. The van der Waals surface area contributed by atoms with Gasteiger partial charge in [-0.15, -0.1) is 0 Å². The van der Waals surface area contributed by atoms with Crippen LogP contribution in [0.15, 0.2) is 53.5 Å². The van der Waals surface area contributed by atoms with Crippen molar-refractivity contribution in [2.24, 2.45) is 5.92 Å². The predicted octanol–water partition coefficient (Wildman–Crippen LogP) is 2.91. The molecule has 0 spiro atoms. The van der Waals surface area contributed by atoms with Crippen LogP contribution in [0.2, 0.25) is 0 Å². The molecule has 3 heterocycles. The second-order valence-electron chi connectivity index (χ2n) is 8.08. The van der Waals surface area contributed by atoms with Gasteiger partial charge in [0.15, 0.2) is 0 Å². The number of pyridine rings is 1. The molecule has 0 bridgehead atoms. The van der Waals surface area contributed by atoms with E-state index in [2.05, 4.69) is 4.98 Å².